The molecule has 0 radical (unpaired) electrons. The van der Waals surface area contributed by atoms with Crippen LogP contribution in [0.5, 0.6) is 0 Å². The second kappa shape index (κ2) is 8.16. The number of rotatable bonds is 6. The third-order valence-electron chi connectivity index (χ3n) is 4.61. The summed E-state index contributed by atoms with van der Waals surface area (Å²) >= 11 is 0. The molecule has 1 atom stereocenters. The van der Waals surface area contributed by atoms with Crippen molar-refractivity contribution in [1.82, 2.24) is 10.2 Å². The molecule has 128 valence electrons. The molecular weight excluding hydrogens is 304 g/mol. The van der Waals surface area contributed by atoms with E-state index in [1.54, 1.807) is 11.8 Å². The van der Waals surface area contributed by atoms with E-state index >= 15 is 0 Å². The van der Waals surface area contributed by atoms with Crippen molar-refractivity contribution in [1.29, 1.82) is 0 Å². The SMILES string of the molecule is CCOC(=O)CN(CC(C)C)C(=O)C1CC12CCNCC2.Cl. The average Bonchev–Trinajstić information content (AvgIpc) is 3.11. The van der Waals surface area contributed by atoms with Crippen molar-refractivity contribution in [2.75, 3.05) is 32.8 Å². The van der Waals surface area contributed by atoms with Gasteiger partial charge >= 0.3 is 5.97 Å². The van der Waals surface area contributed by atoms with Gasteiger partial charge in [-0.1, -0.05) is 13.8 Å². The fraction of sp³-hybridized carbons (Fsp3) is 0.875. The van der Waals surface area contributed by atoms with Gasteiger partial charge < -0.3 is 15.0 Å². The minimum absolute atomic E-state index is 0. The van der Waals surface area contributed by atoms with Gasteiger partial charge in [0.2, 0.25) is 5.91 Å². The quantitative estimate of drug-likeness (QED) is 0.754. The van der Waals surface area contributed by atoms with Crippen LogP contribution in [0.15, 0.2) is 0 Å². The molecule has 22 heavy (non-hydrogen) atoms. The smallest absolute Gasteiger partial charge is 0.325 e. The van der Waals surface area contributed by atoms with Crippen LogP contribution in [0.4, 0.5) is 0 Å². The monoisotopic (exact) mass is 332 g/mol. The van der Waals surface area contributed by atoms with Gasteiger partial charge in [-0.25, -0.2) is 0 Å². The first-order valence-electron chi connectivity index (χ1n) is 8.13. The van der Waals surface area contributed by atoms with E-state index in [2.05, 4.69) is 19.2 Å². The summed E-state index contributed by atoms with van der Waals surface area (Å²) in [6.45, 7) is 9.02. The molecule has 0 aromatic carbocycles. The topological polar surface area (TPSA) is 58.6 Å². The van der Waals surface area contributed by atoms with Gasteiger partial charge in [0.15, 0.2) is 0 Å². The summed E-state index contributed by atoms with van der Waals surface area (Å²) < 4.78 is 5.00. The second-order valence-electron chi connectivity index (χ2n) is 6.79. The number of piperidine rings is 1. The van der Waals surface area contributed by atoms with Crippen LogP contribution in [0.1, 0.15) is 40.0 Å². The first kappa shape index (κ1) is 19.2. The van der Waals surface area contributed by atoms with Crippen LogP contribution in [0.3, 0.4) is 0 Å². The van der Waals surface area contributed by atoms with Gasteiger partial charge in [-0.2, -0.15) is 0 Å². The van der Waals surface area contributed by atoms with Crippen molar-refractivity contribution in [2.45, 2.75) is 40.0 Å². The van der Waals surface area contributed by atoms with E-state index in [9.17, 15) is 9.59 Å². The van der Waals surface area contributed by atoms with Crippen LogP contribution in [-0.2, 0) is 14.3 Å². The van der Waals surface area contributed by atoms with Crippen molar-refractivity contribution < 1.29 is 14.3 Å². The molecular formula is C16H29ClN2O3. The lowest BCUT2D eigenvalue weighted by Gasteiger charge is -2.27. The highest BCUT2D eigenvalue weighted by molar-refractivity contribution is 5.86. The number of ether oxygens (including phenoxy) is 1. The number of esters is 1. The Labute approximate surface area is 139 Å². The van der Waals surface area contributed by atoms with Crippen LogP contribution in [0, 0.1) is 17.3 Å². The highest BCUT2D eigenvalue weighted by atomic mass is 35.5. The predicted molar refractivity (Wildman–Crippen MR) is 87.9 cm³/mol. The average molecular weight is 333 g/mol. The third kappa shape index (κ3) is 4.59. The Morgan fingerprint density at radius 1 is 1.32 bits per heavy atom. The molecule has 1 aliphatic heterocycles. The zero-order valence-corrected chi connectivity index (χ0v) is 14.7. The zero-order chi connectivity index (χ0) is 15.5. The van der Waals surface area contributed by atoms with E-state index in [1.807, 2.05) is 0 Å². The van der Waals surface area contributed by atoms with Crippen molar-refractivity contribution in [3.05, 3.63) is 0 Å². The van der Waals surface area contributed by atoms with Gasteiger partial charge in [0.05, 0.1) is 6.61 Å². The second-order valence-corrected chi connectivity index (χ2v) is 6.79. The highest BCUT2D eigenvalue weighted by Crippen LogP contribution is 2.59. The molecule has 2 aliphatic rings. The molecule has 1 heterocycles. The minimum atomic E-state index is -0.300. The van der Waals surface area contributed by atoms with Gasteiger partial charge in [0.25, 0.3) is 0 Å². The summed E-state index contributed by atoms with van der Waals surface area (Å²) in [7, 11) is 0. The largest absolute Gasteiger partial charge is 0.465 e. The number of carbonyl (C=O) groups excluding carboxylic acids is 2. The fourth-order valence-corrected chi connectivity index (χ4v) is 3.43. The summed E-state index contributed by atoms with van der Waals surface area (Å²) in [6, 6.07) is 0. The number of hydrogen-bond acceptors (Lipinski definition) is 4. The minimum Gasteiger partial charge on any atom is -0.465 e. The molecule has 5 nitrogen and oxygen atoms in total. The van der Waals surface area contributed by atoms with Gasteiger partial charge in [0.1, 0.15) is 6.54 Å². The standard InChI is InChI=1S/C16H28N2O3.ClH/c1-4-21-14(19)11-18(10-12(2)3)15(20)13-9-16(13)5-7-17-8-6-16;/h12-13,17H,4-11H2,1-3H3;1H. The molecule has 1 N–H and O–H groups in total. The number of nitrogens with one attached hydrogen (secondary N) is 1. The lowest BCUT2D eigenvalue weighted by atomic mass is 9.91. The first-order chi connectivity index (χ1) is 9.98. The van der Waals surface area contributed by atoms with Crippen LogP contribution in [0.25, 0.3) is 0 Å². The van der Waals surface area contributed by atoms with Gasteiger partial charge in [-0.15, -0.1) is 12.4 Å². The van der Waals surface area contributed by atoms with E-state index in [4.69, 9.17) is 4.74 Å². The molecule has 0 bridgehead atoms. The molecule has 1 spiro atoms. The normalized spacial score (nSPS) is 22.1. The predicted octanol–water partition coefficient (Wildman–Crippen LogP) is 1.85. The van der Waals surface area contributed by atoms with Crippen LogP contribution in [0.2, 0.25) is 0 Å². The molecule has 0 aromatic heterocycles. The van der Waals surface area contributed by atoms with Crippen molar-refractivity contribution >= 4 is 24.3 Å². The van der Waals surface area contributed by atoms with Gasteiger partial charge in [-0.3, -0.25) is 9.59 Å². The van der Waals surface area contributed by atoms with E-state index in [-0.39, 0.29) is 42.2 Å². The number of amides is 1. The molecule has 1 saturated carbocycles. The van der Waals surface area contributed by atoms with E-state index in [1.165, 1.54) is 0 Å². The van der Waals surface area contributed by atoms with Crippen LogP contribution in [-0.4, -0.2) is 49.6 Å². The molecule has 1 unspecified atom stereocenters. The molecule has 2 fully saturated rings. The summed E-state index contributed by atoms with van der Waals surface area (Å²) in [5, 5.41) is 3.35. The maximum Gasteiger partial charge on any atom is 0.325 e. The number of nitrogens with zero attached hydrogens (tertiary/aromatic N) is 1. The van der Waals surface area contributed by atoms with E-state index in [0.717, 1.165) is 32.4 Å². The van der Waals surface area contributed by atoms with Gasteiger partial charge in [-0.05, 0) is 50.6 Å². The number of carbonyl (C=O) groups is 2. The van der Waals surface area contributed by atoms with Crippen molar-refractivity contribution in [3.63, 3.8) is 0 Å². The molecule has 0 aromatic rings. The summed E-state index contributed by atoms with van der Waals surface area (Å²) in [5.74, 6) is 0.323. The molecule has 1 saturated heterocycles. The lowest BCUT2D eigenvalue weighted by molar-refractivity contribution is -0.150. The maximum absolute atomic E-state index is 12.8. The summed E-state index contributed by atoms with van der Waals surface area (Å²) in [6.07, 6.45) is 3.15. The molecule has 6 heteroatoms. The zero-order valence-electron chi connectivity index (χ0n) is 13.9. The first-order valence-corrected chi connectivity index (χ1v) is 8.13. The molecule has 2 rings (SSSR count). The summed E-state index contributed by atoms with van der Waals surface area (Å²) in [4.78, 5) is 26.2. The van der Waals surface area contributed by atoms with E-state index in [0.29, 0.717) is 19.1 Å². The Morgan fingerprint density at radius 3 is 2.50 bits per heavy atom. The van der Waals surface area contributed by atoms with Gasteiger partial charge in [0, 0.05) is 12.5 Å². The Balaban J connectivity index is 0.00000242. The highest BCUT2D eigenvalue weighted by Gasteiger charge is 2.58. The maximum atomic E-state index is 12.8. The van der Waals surface area contributed by atoms with Crippen molar-refractivity contribution in [3.8, 4) is 0 Å². The third-order valence-corrected chi connectivity index (χ3v) is 4.61. The Hall–Kier alpha value is -0.810. The van der Waals surface area contributed by atoms with Crippen molar-refractivity contribution in [2.24, 2.45) is 17.3 Å². The Kier molecular flexibility index (Phi) is 7.13. The van der Waals surface area contributed by atoms with E-state index < -0.39 is 0 Å². The number of halogens is 1. The molecule has 1 amide bonds. The molecule has 1 aliphatic carbocycles. The van der Waals surface area contributed by atoms with Crippen LogP contribution >= 0.6 is 12.4 Å². The lowest BCUT2D eigenvalue weighted by Crippen LogP contribution is -2.41. The number of hydrogen-bond donors (Lipinski definition) is 1. The van der Waals surface area contributed by atoms with Crippen LogP contribution < -0.4 is 5.32 Å². The fourth-order valence-electron chi connectivity index (χ4n) is 3.43. The Morgan fingerprint density at radius 2 is 1.95 bits per heavy atom. The Bertz CT molecular complexity index is 395. The summed E-state index contributed by atoms with van der Waals surface area (Å²) in [5.41, 5.74) is 0.215.